The molecule has 0 aliphatic rings. The van der Waals surface area contributed by atoms with Crippen LogP contribution in [0.4, 0.5) is 18.9 Å². The first kappa shape index (κ1) is 14.2. The molecule has 0 saturated heterocycles. The van der Waals surface area contributed by atoms with Crippen molar-refractivity contribution in [3.05, 3.63) is 53.9 Å². The zero-order valence-electron chi connectivity index (χ0n) is 10.6. The lowest BCUT2D eigenvalue weighted by Crippen LogP contribution is -2.10. The van der Waals surface area contributed by atoms with E-state index in [-0.39, 0.29) is 11.8 Å². The van der Waals surface area contributed by atoms with Crippen LogP contribution in [-0.4, -0.2) is 10.1 Å². The first-order valence-corrected chi connectivity index (χ1v) is 5.95. The molecule has 1 aromatic carbocycles. The first-order chi connectivity index (χ1) is 9.36. The molecule has 0 spiro atoms. The van der Waals surface area contributed by atoms with Gasteiger partial charge in [-0.3, -0.25) is 0 Å². The van der Waals surface area contributed by atoms with Gasteiger partial charge in [0.1, 0.15) is 11.4 Å². The van der Waals surface area contributed by atoms with E-state index >= 15 is 0 Å². The van der Waals surface area contributed by atoms with Crippen LogP contribution in [0.3, 0.4) is 0 Å². The topological polar surface area (TPSA) is 45.2 Å². The van der Waals surface area contributed by atoms with E-state index in [1.165, 1.54) is 6.07 Å². The third-order valence-corrected chi connectivity index (χ3v) is 2.81. The van der Waals surface area contributed by atoms with Crippen molar-refractivity contribution < 1.29 is 18.3 Å². The van der Waals surface area contributed by atoms with Crippen LogP contribution >= 0.6 is 0 Å². The lowest BCUT2D eigenvalue weighted by atomic mass is 10.1. The number of benzene rings is 1. The Labute approximate surface area is 114 Å². The predicted octanol–water partition coefficient (Wildman–Crippen LogP) is 3.98. The van der Waals surface area contributed by atoms with Crippen molar-refractivity contribution in [1.29, 1.82) is 0 Å². The van der Waals surface area contributed by atoms with Gasteiger partial charge in [0.15, 0.2) is 0 Å². The average Bonchev–Trinajstić information content (AvgIpc) is 2.38. The molecule has 1 aromatic heterocycles. The van der Waals surface area contributed by atoms with Crippen LogP contribution in [0, 0.1) is 0 Å². The van der Waals surface area contributed by atoms with Crippen molar-refractivity contribution in [2.45, 2.75) is 19.1 Å². The number of hydrogen-bond acceptors (Lipinski definition) is 3. The van der Waals surface area contributed by atoms with Gasteiger partial charge in [-0.2, -0.15) is 13.2 Å². The highest BCUT2D eigenvalue weighted by Crippen LogP contribution is 2.28. The number of pyridine rings is 1. The number of alkyl halides is 3. The normalized spacial score (nSPS) is 13.0. The number of phenolic OH excluding ortho intramolecular Hbond substituents is 1. The van der Waals surface area contributed by atoms with Gasteiger partial charge in [-0.15, -0.1) is 0 Å². The molecule has 2 N–H and O–H groups in total. The standard InChI is InChI=1S/C14H13F3N2O/c1-9(10-3-2-4-12(20)7-10)19-11-5-6-13(18-8-11)14(15,16)17/h2-9,19-20H,1H3. The maximum absolute atomic E-state index is 12.4. The number of halogens is 3. The molecule has 2 aromatic rings. The second kappa shape index (κ2) is 5.40. The Hall–Kier alpha value is -2.24. The van der Waals surface area contributed by atoms with E-state index < -0.39 is 11.9 Å². The number of aromatic hydroxyl groups is 1. The Morgan fingerprint density at radius 3 is 2.50 bits per heavy atom. The lowest BCUT2D eigenvalue weighted by molar-refractivity contribution is -0.141. The quantitative estimate of drug-likeness (QED) is 0.895. The minimum atomic E-state index is -4.44. The van der Waals surface area contributed by atoms with E-state index in [0.29, 0.717) is 5.69 Å². The molecule has 2 rings (SSSR count). The van der Waals surface area contributed by atoms with Crippen LogP contribution in [-0.2, 0) is 6.18 Å². The number of aromatic nitrogens is 1. The molecule has 0 amide bonds. The van der Waals surface area contributed by atoms with Crippen LogP contribution in [0.25, 0.3) is 0 Å². The summed E-state index contributed by atoms with van der Waals surface area (Å²) in [4.78, 5) is 3.38. The Morgan fingerprint density at radius 1 is 1.20 bits per heavy atom. The summed E-state index contributed by atoms with van der Waals surface area (Å²) in [7, 11) is 0. The second-order valence-electron chi connectivity index (χ2n) is 4.39. The zero-order chi connectivity index (χ0) is 14.8. The molecule has 0 aliphatic carbocycles. The number of hydrogen-bond donors (Lipinski definition) is 2. The molecule has 0 aliphatic heterocycles. The summed E-state index contributed by atoms with van der Waals surface area (Å²) in [6.45, 7) is 1.84. The molecule has 1 unspecified atom stereocenters. The predicted molar refractivity (Wildman–Crippen MR) is 69.4 cm³/mol. The van der Waals surface area contributed by atoms with Crippen molar-refractivity contribution in [3.8, 4) is 5.75 Å². The molecule has 1 heterocycles. The molecule has 0 radical (unpaired) electrons. The van der Waals surface area contributed by atoms with Crippen LogP contribution in [0.15, 0.2) is 42.6 Å². The summed E-state index contributed by atoms with van der Waals surface area (Å²) in [5, 5.41) is 12.4. The summed E-state index contributed by atoms with van der Waals surface area (Å²) < 4.78 is 37.1. The molecular formula is C14H13F3N2O. The van der Waals surface area contributed by atoms with Crippen molar-refractivity contribution in [3.63, 3.8) is 0 Å². The largest absolute Gasteiger partial charge is 0.508 e. The minimum absolute atomic E-state index is 0.140. The fourth-order valence-electron chi connectivity index (χ4n) is 1.77. The summed E-state index contributed by atoms with van der Waals surface area (Å²) in [6.07, 6.45) is -3.29. The molecule has 6 heteroatoms. The first-order valence-electron chi connectivity index (χ1n) is 5.95. The lowest BCUT2D eigenvalue weighted by Gasteiger charge is -2.16. The molecule has 20 heavy (non-hydrogen) atoms. The van der Waals surface area contributed by atoms with Gasteiger partial charge in [0.25, 0.3) is 0 Å². The van der Waals surface area contributed by atoms with E-state index in [4.69, 9.17) is 0 Å². The monoisotopic (exact) mass is 282 g/mol. The van der Waals surface area contributed by atoms with Crippen LogP contribution in [0.2, 0.25) is 0 Å². The highest BCUT2D eigenvalue weighted by molar-refractivity contribution is 5.44. The summed E-state index contributed by atoms with van der Waals surface area (Å²) in [6, 6.07) is 8.75. The van der Waals surface area contributed by atoms with Gasteiger partial charge in [0.2, 0.25) is 0 Å². The molecule has 106 valence electrons. The van der Waals surface area contributed by atoms with Gasteiger partial charge in [0, 0.05) is 6.04 Å². The fourth-order valence-corrected chi connectivity index (χ4v) is 1.77. The van der Waals surface area contributed by atoms with Gasteiger partial charge in [-0.1, -0.05) is 12.1 Å². The summed E-state index contributed by atoms with van der Waals surface area (Å²) in [5.74, 6) is 0.140. The van der Waals surface area contributed by atoms with Crippen molar-refractivity contribution in [2.24, 2.45) is 0 Å². The molecule has 0 bridgehead atoms. The molecule has 3 nitrogen and oxygen atoms in total. The van der Waals surface area contributed by atoms with Crippen molar-refractivity contribution >= 4 is 5.69 Å². The van der Waals surface area contributed by atoms with Crippen LogP contribution in [0.5, 0.6) is 5.75 Å². The van der Waals surface area contributed by atoms with E-state index in [1.807, 2.05) is 13.0 Å². The average molecular weight is 282 g/mol. The second-order valence-corrected chi connectivity index (χ2v) is 4.39. The summed E-state index contributed by atoms with van der Waals surface area (Å²) >= 11 is 0. The van der Waals surface area contributed by atoms with Crippen molar-refractivity contribution in [1.82, 2.24) is 4.98 Å². The van der Waals surface area contributed by atoms with Crippen LogP contribution < -0.4 is 5.32 Å². The minimum Gasteiger partial charge on any atom is -0.508 e. The van der Waals surface area contributed by atoms with Gasteiger partial charge >= 0.3 is 6.18 Å². The van der Waals surface area contributed by atoms with Gasteiger partial charge in [-0.25, -0.2) is 4.98 Å². The van der Waals surface area contributed by atoms with E-state index in [2.05, 4.69) is 10.3 Å². The number of nitrogens with one attached hydrogen (secondary N) is 1. The molecule has 1 atom stereocenters. The third-order valence-electron chi connectivity index (χ3n) is 2.81. The molecule has 0 fully saturated rings. The number of phenols is 1. The molecule has 0 saturated carbocycles. The van der Waals surface area contributed by atoms with Crippen molar-refractivity contribution in [2.75, 3.05) is 5.32 Å². The van der Waals surface area contributed by atoms with Crippen LogP contribution in [0.1, 0.15) is 24.2 Å². The summed E-state index contributed by atoms with van der Waals surface area (Å²) in [5.41, 5.74) is 0.381. The van der Waals surface area contributed by atoms with Gasteiger partial charge < -0.3 is 10.4 Å². The number of anilines is 1. The van der Waals surface area contributed by atoms with E-state index in [0.717, 1.165) is 17.8 Å². The fraction of sp³-hybridized carbons (Fsp3) is 0.214. The number of rotatable bonds is 3. The SMILES string of the molecule is CC(Nc1ccc(C(F)(F)F)nc1)c1cccc(O)c1. The Balaban J connectivity index is 2.10. The Morgan fingerprint density at radius 2 is 1.95 bits per heavy atom. The third kappa shape index (κ3) is 3.40. The molecular weight excluding hydrogens is 269 g/mol. The van der Waals surface area contributed by atoms with E-state index in [1.54, 1.807) is 18.2 Å². The Bertz CT molecular complexity index is 582. The maximum Gasteiger partial charge on any atom is 0.433 e. The zero-order valence-corrected chi connectivity index (χ0v) is 10.6. The maximum atomic E-state index is 12.4. The highest BCUT2D eigenvalue weighted by atomic mass is 19.4. The van der Waals surface area contributed by atoms with Gasteiger partial charge in [-0.05, 0) is 36.8 Å². The smallest absolute Gasteiger partial charge is 0.433 e. The number of nitrogens with zero attached hydrogens (tertiary/aromatic N) is 1. The van der Waals surface area contributed by atoms with Gasteiger partial charge in [0.05, 0.1) is 11.9 Å². The van der Waals surface area contributed by atoms with E-state index in [9.17, 15) is 18.3 Å². The highest BCUT2D eigenvalue weighted by Gasteiger charge is 2.32. The Kier molecular flexibility index (Phi) is 3.83.